The van der Waals surface area contributed by atoms with Gasteiger partial charge in [0.15, 0.2) is 11.3 Å². The van der Waals surface area contributed by atoms with Crippen molar-refractivity contribution >= 4 is 0 Å². The summed E-state index contributed by atoms with van der Waals surface area (Å²) in [7, 11) is 0. The molecule has 102 valence electrons. The van der Waals surface area contributed by atoms with Crippen LogP contribution in [0.2, 0.25) is 0 Å². The van der Waals surface area contributed by atoms with Crippen molar-refractivity contribution < 1.29 is 9.26 Å². The van der Waals surface area contributed by atoms with Crippen LogP contribution in [0.15, 0.2) is 27.8 Å². The van der Waals surface area contributed by atoms with E-state index in [9.17, 15) is 4.79 Å². The molecular formula is C12H16N4O3. The smallest absolute Gasteiger partial charge is 0.263 e. The highest BCUT2D eigenvalue weighted by atomic mass is 16.5. The number of H-pyrrole nitrogens is 1. The van der Waals surface area contributed by atoms with Crippen LogP contribution in [0.5, 0.6) is 0 Å². The summed E-state index contributed by atoms with van der Waals surface area (Å²) in [6.07, 6.45) is 3.97. The molecule has 0 aliphatic carbocycles. The summed E-state index contributed by atoms with van der Waals surface area (Å²) in [6, 6.07) is 0.926. The Hall–Kier alpha value is -1.99. The van der Waals surface area contributed by atoms with Crippen LogP contribution in [0.3, 0.4) is 0 Å². The monoisotopic (exact) mass is 264 g/mol. The maximum atomic E-state index is 11.6. The summed E-state index contributed by atoms with van der Waals surface area (Å²) in [5, 5.41) is 3.77. The molecule has 19 heavy (non-hydrogen) atoms. The number of aromatic amines is 1. The van der Waals surface area contributed by atoms with Crippen molar-refractivity contribution in [3.8, 4) is 11.5 Å². The summed E-state index contributed by atoms with van der Waals surface area (Å²) >= 11 is 0. The largest absolute Gasteiger partial charge is 0.379 e. The Morgan fingerprint density at radius 1 is 1.58 bits per heavy atom. The van der Waals surface area contributed by atoms with Crippen LogP contribution in [0.4, 0.5) is 0 Å². The first kappa shape index (κ1) is 13.4. The van der Waals surface area contributed by atoms with Gasteiger partial charge in [-0.05, 0) is 6.42 Å². The van der Waals surface area contributed by atoms with Crippen molar-refractivity contribution in [1.29, 1.82) is 0 Å². The average Bonchev–Trinajstić information content (AvgIpc) is 2.89. The van der Waals surface area contributed by atoms with Gasteiger partial charge in [-0.2, -0.15) is 4.98 Å². The molecule has 1 atom stereocenters. The van der Waals surface area contributed by atoms with Crippen LogP contribution in [-0.2, 0) is 4.74 Å². The number of ether oxygens (including phenoxy) is 1. The van der Waals surface area contributed by atoms with Crippen LogP contribution in [-0.4, -0.2) is 28.3 Å². The Morgan fingerprint density at radius 2 is 2.42 bits per heavy atom. The SMILES string of the molecule is CCCOCC(N)c1noc(-c2c[nH]ccc2=O)n1. The van der Waals surface area contributed by atoms with E-state index in [1.54, 1.807) is 0 Å². The summed E-state index contributed by atoms with van der Waals surface area (Å²) in [5.74, 6) is 0.483. The van der Waals surface area contributed by atoms with E-state index in [4.69, 9.17) is 15.0 Å². The molecule has 0 saturated heterocycles. The summed E-state index contributed by atoms with van der Waals surface area (Å²) in [5.41, 5.74) is 6.00. The van der Waals surface area contributed by atoms with Gasteiger partial charge in [0, 0.05) is 25.1 Å². The molecule has 2 heterocycles. The third-order valence-corrected chi connectivity index (χ3v) is 2.47. The Labute approximate surface area is 109 Å². The zero-order valence-electron chi connectivity index (χ0n) is 10.6. The number of aromatic nitrogens is 3. The van der Waals surface area contributed by atoms with Crippen LogP contribution >= 0.6 is 0 Å². The van der Waals surface area contributed by atoms with Crippen LogP contribution < -0.4 is 11.2 Å². The van der Waals surface area contributed by atoms with Crippen molar-refractivity contribution in [2.24, 2.45) is 5.73 Å². The van der Waals surface area contributed by atoms with Gasteiger partial charge in [0.05, 0.1) is 12.6 Å². The van der Waals surface area contributed by atoms with Gasteiger partial charge in [-0.3, -0.25) is 4.79 Å². The maximum Gasteiger partial charge on any atom is 0.263 e. The number of hydrogen-bond acceptors (Lipinski definition) is 6. The molecule has 0 aliphatic rings. The minimum Gasteiger partial charge on any atom is -0.379 e. The second-order valence-corrected chi connectivity index (χ2v) is 4.06. The standard InChI is InChI=1S/C12H16N4O3/c1-2-5-18-7-9(13)11-15-12(19-16-11)8-6-14-4-3-10(8)17/h3-4,6,9H,2,5,7,13H2,1H3,(H,14,17). The molecule has 1 unspecified atom stereocenters. The first-order chi connectivity index (χ1) is 9.22. The molecule has 0 aliphatic heterocycles. The summed E-state index contributed by atoms with van der Waals surface area (Å²) in [6.45, 7) is 2.97. The predicted octanol–water partition coefficient (Wildman–Crippen LogP) is 0.851. The van der Waals surface area contributed by atoms with Gasteiger partial charge in [-0.1, -0.05) is 12.1 Å². The van der Waals surface area contributed by atoms with Gasteiger partial charge in [-0.25, -0.2) is 0 Å². The molecular weight excluding hydrogens is 248 g/mol. The van der Waals surface area contributed by atoms with E-state index < -0.39 is 6.04 Å². The number of nitrogens with zero attached hydrogens (tertiary/aromatic N) is 2. The van der Waals surface area contributed by atoms with E-state index in [0.717, 1.165) is 6.42 Å². The number of rotatable bonds is 6. The van der Waals surface area contributed by atoms with Gasteiger partial charge in [-0.15, -0.1) is 0 Å². The van der Waals surface area contributed by atoms with Gasteiger partial charge in [0.1, 0.15) is 5.56 Å². The molecule has 0 amide bonds. The van der Waals surface area contributed by atoms with Crippen molar-refractivity contribution in [1.82, 2.24) is 15.1 Å². The van der Waals surface area contributed by atoms with Crippen LogP contribution in [0.25, 0.3) is 11.5 Å². The minimum absolute atomic E-state index is 0.155. The maximum absolute atomic E-state index is 11.6. The van der Waals surface area contributed by atoms with Gasteiger partial charge >= 0.3 is 0 Å². The zero-order valence-corrected chi connectivity index (χ0v) is 10.6. The lowest BCUT2D eigenvalue weighted by atomic mass is 10.2. The van der Waals surface area contributed by atoms with Crippen LogP contribution in [0, 0.1) is 0 Å². The van der Waals surface area contributed by atoms with Crippen LogP contribution in [0.1, 0.15) is 25.2 Å². The van der Waals surface area contributed by atoms with E-state index in [1.165, 1.54) is 18.5 Å². The average molecular weight is 264 g/mol. The van der Waals surface area contributed by atoms with Crippen molar-refractivity contribution in [3.05, 3.63) is 34.5 Å². The molecule has 0 spiro atoms. The van der Waals surface area contributed by atoms with E-state index in [0.29, 0.717) is 24.6 Å². The molecule has 0 saturated carbocycles. The number of hydrogen-bond donors (Lipinski definition) is 2. The Morgan fingerprint density at radius 3 is 3.16 bits per heavy atom. The van der Waals surface area contributed by atoms with Crippen molar-refractivity contribution in [2.45, 2.75) is 19.4 Å². The number of pyridine rings is 1. The van der Waals surface area contributed by atoms with Gasteiger partial charge in [0.2, 0.25) is 0 Å². The van der Waals surface area contributed by atoms with E-state index in [2.05, 4.69) is 15.1 Å². The summed E-state index contributed by atoms with van der Waals surface area (Å²) in [4.78, 5) is 18.5. The third kappa shape index (κ3) is 3.27. The quantitative estimate of drug-likeness (QED) is 0.749. The molecule has 7 heteroatoms. The van der Waals surface area contributed by atoms with Gasteiger partial charge in [0.25, 0.3) is 5.89 Å². The van der Waals surface area contributed by atoms with Gasteiger partial charge < -0.3 is 20.0 Å². The summed E-state index contributed by atoms with van der Waals surface area (Å²) < 4.78 is 10.4. The molecule has 0 bridgehead atoms. The van der Waals surface area contributed by atoms with E-state index in [-0.39, 0.29) is 11.3 Å². The highest BCUT2D eigenvalue weighted by molar-refractivity contribution is 5.50. The van der Waals surface area contributed by atoms with E-state index in [1.807, 2.05) is 6.92 Å². The molecule has 2 aromatic heterocycles. The normalized spacial score (nSPS) is 12.5. The number of nitrogens with two attached hydrogens (primary N) is 1. The van der Waals surface area contributed by atoms with Crippen molar-refractivity contribution in [2.75, 3.05) is 13.2 Å². The second kappa shape index (κ2) is 6.26. The fourth-order valence-corrected chi connectivity index (χ4v) is 1.51. The molecule has 2 rings (SSSR count). The Balaban J connectivity index is 2.11. The molecule has 7 nitrogen and oxygen atoms in total. The molecule has 2 aromatic rings. The lowest BCUT2D eigenvalue weighted by Gasteiger charge is -2.06. The molecule has 3 N–H and O–H groups in total. The third-order valence-electron chi connectivity index (χ3n) is 2.47. The predicted molar refractivity (Wildman–Crippen MR) is 68.4 cm³/mol. The first-order valence-electron chi connectivity index (χ1n) is 6.06. The molecule has 0 radical (unpaired) electrons. The van der Waals surface area contributed by atoms with Crippen molar-refractivity contribution in [3.63, 3.8) is 0 Å². The lowest BCUT2D eigenvalue weighted by Crippen LogP contribution is -2.18. The fraction of sp³-hybridized carbons (Fsp3) is 0.417. The molecule has 0 aromatic carbocycles. The Kier molecular flexibility index (Phi) is 4.43. The first-order valence-corrected chi connectivity index (χ1v) is 6.06. The topological polar surface area (TPSA) is 107 Å². The second-order valence-electron chi connectivity index (χ2n) is 4.06. The highest BCUT2D eigenvalue weighted by Gasteiger charge is 2.16. The lowest BCUT2D eigenvalue weighted by molar-refractivity contribution is 0.119. The zero-order chi connectivity index (χ0) is 13.7. The molecule has 0 fully saturated rings. The Bertz CT molecular complexity index is 578. The van der Waals surface area contributed by atoms with E-state index >= 15 is 0 Å². The highest BCUT2D eigenvalue weighted by Crippen LogP contribution is 2.14. The minimum atomic E-state index is -0.466. The number of nitrogens with one attached hydrogen (secondary N) is 1. The fourth-order valence-electron chi connectivity index (χ4n) is 1.51.